The van der Waals surface area contributed by atoms with E-state index in [4.69, 9.17) is 55.0 Å². The van der Waals surface area contributed by atoms with E-state index >= 15 is 0 Å². The predicted molar refractivity (Wildman–Crippen MR) is 163 cm³/mol. The Morgan fingerprint density at radius 2 is 0.837 bits per heavy atom. The first kappa shape index (κ1) is 40.0. The molecule has 4 aromatic rings. The Kier molecular flexibility index (Phi) is 16.0. The van der Waals surface area contributed by atoms with Crippen LogP contribution in [0.1, 0.15) is 0 Å². The molecule has 0 fully saturated rings. The number of halogens is 6. The van der Waals surface area contributed by atoms with Crippen LogP contribution in [0, 0.1) is 0 Å². The number of aromatic nitrogens is 2. The highest BCUT2D eigenvalue weighted by atomic mass is 19.4. The number of rotatable bonds is 14. The van der Waals surface area contributed by atoms with Crippen LogP contribution in [0.4, 0.5) is 38.0 Å². The van der Waals surface area contributed by atoms with Crippen LogP contribution in [0.5, 0.6) is 11.5 Å². The number of carbonyl (C=O) groups is 2. The van der Waals surface area contributed by atoms with Crippen LogP contribution < -0.4 is 20.9 Å². The molecule has 0 radical (unpaired) electrons. The van der Waals surface area contributed by atoms with Crippen LogP contribution in [0.2, 0.25) is 0 Å². The Bertz CT molecular complexity index is 1520. The van der Waals surface area contributed by atoms with E-state index in [1.165, 1.54) is 0 Å². The van der Waals surface area contributed by atoms with Gasteiger partial charge in [-0.05, 0) is 48.5 Å². The van der Waals surface area contributed by atoms with Gasteiger partial charge in [0.25, 0.3) is 0 Å². The van der Waals surface area contributed by atoms with Crippen LogP contribution in [-0.4, -0.2) is 97.3 Å². The summed E-state index contributed by atoms with van der Waals surface area (Å²) in [5, 5.41) is 16.3. The van der Waals surface area contributed by atoms with Gasteiger partial charge < -0.3 is 45.4 Å². The van der Waals surface area contributed by atoms with Gasteiger partial charge in [0.2, 0.25) is 0 Å². The fraction of sp³-hybridized carbons (Fsp3) is 0.333. The number of ether oxygens (including phenoxy) is 5. The SMILES string of the molecule is Nc1ccc2ccc(OCCOCCOCCOCCOc3ccc4ccc(N)nc4c3)cc2n1.O=C(O)C(F)(F)F.O=C(O)C(F)(F)F. The van der Waals surface area contributed by atoms with Gasteiger partial charge in [0, 0.05) is 22.9 Å². The molecule has 13 nitrogen and oxygen atoms in total. The normalized spacial score (nSPS) is 11.2. The molecule has 19 heteroatoms. The molecule has 0 unspecified atom stereocenters. The molecular formula is C30H32F6N4O9. The van der Waals surface area contributed by atoms with E-state index in [2.05, 4.69) is 9.97 Å². The minimum Gasteiger partial charge on any atom is -0.491 e. The van der Waals surface area contributed by atoms with Gasteiger partial charge in [0.1, 0.15) is 36.3 Å². The Balaban J connectivity index is 0.000000500. The minimum atomic E-state index is -5.08. The first-order chi connectivity index (χ1) is 23.1. The number of nitrogens with two attached hydrogens (primary N) is 2. The summed E-state index contributed by atoms with van der Waals surface area (Å²) in [4.78, 5) is 26.4. The number of carboxylic acids is 2. The van der Waals surface area contributed by atoms with E-state index in [1.807, 2.05) is 48.5 Å². The van der Waals surface area contributed by atoms with Crippen LogP contribution in [-0.2, 0) is 23.8 Å². The number of pyridine rings is 2. The van der Waals surface area contributed by atoms with E-state index in [0.717, 1.165) is 33.3 Å². The summed E-state index contributed by atoms with van der Waals surface area (Å²) in [6.45, 7) is 3.78. The van der Waals surface area contributed by atoms with Crippen molar-refractivity contribution in [3.63, 3.8) is 0 Å². The van der Waals surface area contributed by atoms with Crippen LogP contribution in [0.15, 0.2) is 60.7 Å². The first-order valence-electron chi connectivity index (χ1n) is 14.0. The number of alkyl halides is 6. The van der Waals surface area contributed by atoms with Crippen LogP contribution in [0.25, 0.3) is 21.8 Å². The smallest absolute Gasteiger partial charge is 0.490 e. The van der Waals surface area contributed by atoms with Gasteiger partial charge in [-0.1, -0.05) is 0 Å². The molecule has 0 aliphatic rings. The highest BCUT2D eigenvalue weighted by molar-refractivity contribution is 5.82. The zero-order chi connectivity index (χ0) is 36.5. The zero-order valence-electron chi connectivity index (χ0n) is 25.5. The van der Waals surface area contributed by atoms with Crippen molar-refractivity contribution in [3.05, 3.63) is 60.7 Å². The third kappa shape index (κ3) is 16.0. The summed E-state index contributed by atoms with van der Waals surface area (Å²) < 4.78 is 91.5. The molecule has 0 saturated carbocycles. The summed E-state index contributed by atoms with van der Waals surface area (Å²) >= 11 is 0. The second-order valence-corrected chi connectivity index (χ2v) is 9.32. The van der Waals surface area contributed by atoms with E-state index in [-0.39, 0.29) is 0 Å². The van der Waals surface area contributed by atoms with E-state index in [1.54, 1.807) is 12.1 Å². The summed E-state index contributed by atoms with van der Waals surface area (Å²) in [5.74, 6) is -3.07. The number of anilines is 2. The number of nitrogens with zero attached hydrogens (tertiary/aromatic N) is 2. The van der Waals surface area contributed by atoms with Crippen molar-refractivity contribution in [3.8, 4) is 11.5 Å². The van der Waals surface area contributed by atoms with Gasteiger partial charge in [-0.2, -0.15) is 26.3 Å². The van der Waals surface area contributed by atoms with E-state index in [9.17, 15) is 26.3 Å². The Morgan fingerprint density at radius 3 is 1.14 bits per heavy atom. The number of nitrogen functional groups attached to an aromatic ring is 2. The maximum Gasteiger partial charge on any atom is 0.490 e. The highest BCUT2D eigenvalue weighted by Crippen LogP contribution is 2.21. The third-order valence-corrected chi connectivity index (χ3v) is 5.59. The van der Waals surface area contributed by atoms with Crippen molar-refractivity contribution >= 4 is 45.4 Å². The van der Waals surface area contributed by atoms with Crippen molar-refractivity contribution < 1.29 is 69.8 Å². The minimum absolute atomic E-state index is 0.442. The topological polar surface area (TPSA) is 199 Å². The number of fused-ring (bicyclic) bond motifs is 2. The predicted octanol–water partition coefficient (Wildman–Crippen LogP) is 4.72. The van der Waals surface area contributed by atoms with Gasteiger partial charge in [-0.3, -0.25) is 0 Å². The number of aliphatic carboxylic acids is 2. The van der Waals surface area contributed by atoms with Crippen molar-refractivity contribution in [1.82, 2.24) is 9.97 Å². The largest absolute Gasteiger partial charge is 0.491 e. The Hall–Kier alpha value is -5.14. The number of hydrogen-bond donors (Lipinski definition) is 4. The second-order valence-electron chi connectivity index (χ2n) is 9.32. The molecule has 0 atom stereocenters. The zero-order valence-corrected chi connectivity index (χ0v) is 25.5. The molecule has 2 heterocycles. The molecule has 0 aliphatic carbocycles. The molecule has 2 aromatic heterocycles. The molecule has 0 bridgehead atoms. The third-order valence-electron chi connectivity index (χ3n) is 5.59. The molecular weight excluding hydrogens is 674 g/mol. The summed E-state index contributed by atoms with van der Waals surface area (Å²) in [5.41, 5.74) is 13.1. The van der Waals surface area contributed by atoms with Crippen molar-refractivity contribution in [1.29, 1.82) is 0 Å². The lowest BCUT2D eigenvalue weighted by Gasteiger charge is -2.09. The maximum absolute atomic E-state index is 10.6. The highest BCUT2D eigenvalue weighted by Gasteiger charge is 2.38. The van der Waals surface area contributed by atoms with E-state index < -0.39 is 24.3 Å². The monoisotopic (exact) mass is 706 g/mol. The fourth-order valence-electron chi connectivity index (χ4n) is 3.38. The molecule has 0 spiro atoms. The summed E-state index contributed by atoms with van der Waals surface area (Å²) in [7, 11) is 0. The van der Waals surface area contributed by atoms with E-state index in [0.29, 0.717) is 64.5 Å². The fourth-order valence-corrected chi connectivity index (χ4v) is 3.38. The molecule has 49 heavy (non-hydrogen) atoms. The number of carboxylic acid groups (broad SMARTS) is 2. The lowest BCUT2D eigenvalue weighted by Crippen LogP contribution is -2.21. The van der Waals surface area contributed by atoms with Crippen molar-refractivity contribution in [2.24, 2.45) is 0 Å². The average molecular weight is 707 g/mol. The molecule has 6 N–H and O–H groups in total. The van der Waals surface area contributed by atoms with Crippen molar-refractivity contribution in [2.45, 2.75) is 12.4 Å². The quantitative estimate of drug-likeness (QED) is 0.104. The summed E-state index contributed by atoms with van der Waals surface area (Å²) in [6.07, 6.45) is -10.2. The lowest BCUT2D eigenvalue weighted by molar-refractivity contribution is -0.193. The van der Waals surface area contributed by atoms with Gasteiger partial charge in [-0.25, -0.2) is 19.6 Å². The molecule has 4 rings (SSSR count). The molecule has 268 valence electrons. The van der Waals surface area contributed by atoms with Gasteiger partial charge in [-0.15, -0.1) is 0 Å². The Labute approximate surface area is 274 Å². The molecule has 0 aliphatic heterocycles. The summed E-state index contributed by atoms with van der Waals surface area (Å²) in [6, 6.07) is 18.9. The number of benzene rings is 2. The molecule has 0 amide bonds. The van der Waals surface area contributed by atoms with Crippen LogP contribution in [0.3, 0.4) is 0 Å². The molecule has 0 saturated heterocycles. The average Bonchev–Trinajstić information content (AvgIpc) is 3.02. The lowest BCUT2D eigenvalue weighted by atomic mass is 10.2. The van der Waals surface area contributed by atoms with Gasteiger partial charge in [0.15, 0.2) is 0 Å². The molecule has 2 aromatic carbocycles. The van der Waals surface area contributed by atoms with Crippen LogP contribution >= 0.6 is 0 Å². The van der Waals surface area contributed by atoms with Gasteiger partial charge >= 0.3 is 24.3 Å². The standard InChI is InChI=1S/C26H30N4O5.2C2HF3O2/c27-25-7-3-19-1-5-21(17-23(19)29-25)34-15-13-32-11-9-31-10-12-33-14-16-35-22-6-2-20-4-8-26(28)30-24(20)18-22;2*3-2(4,5)1(6)7/h1-8,17-18H,9-16H2,(H2,27,29)(H2,28,30);2*(H,6,7). The van der Waals surface area contributed by atoms with Crippen molar-refractivity contribution in [2.75, 3.05) is 64.3 Å². The second kappa shape index (κ2) is 19.6. The maximum atomic E-state index is 10.6. The number of hydrogen-bond acceptors (Lipinski definition) is 11. The Morgan fingerprint density at radius 1 is 0.551 bits per heavy atom. The first-order valence-corrected chi connectivity index (χ1v) is 14.0. The van der Waals surface area contributed by atoms with Gasteiger partial charge in [0.05, 0.1) is 50.7 Å².